The fraction of sp³-hybridized carbons (Fsp3) is 0.238. The summed E-state index contributed by atoms with van der Waals surface area (Å²) in [5.74, 6) is -1.65. The van der Waals surface area contributed by atoms with Gasteiger partial charge in [-0.2, -0.15) is 0 Å². The Kier molecular flexibility index (Phi) is 5.72. The Bertz CT molecular complexity index is 1140. The van der Waals surface area contributed by atoms with Crippen molar-refractivity contribution in [3.8, 4) is 0 Å². The summed E-state index contributed by atoms with van der Waals surface area (Å²) in [5.41, 5.74) is 1.86. The van der Waals surface area contributed by atoms with Gasteiger partial charge < -0.3 is 14.6 Å². The number of ether oxygens (including phenoxy) is 1. The molecule has 0 spiro atoms. The third kappa shape index (κ3) is 4.31. The van der Waals surface area contributed by atoms with Gasteiger partial charge in [-0.25, -0.2) is 14.2 Å². The van der Waals surface area contributed by atoms with Crippen LogP contribution < -0.4 is 10.9 Å². The van der Waals surface area contributed by atoms with Crippen molar-refractivity contribution in [1.82, 2.24) is 9.55 Å². The number of aromatic nitrogens is 2. The third-order valence-electron chi connectivity index (χ3n) is 4.43. The number of fused-ring (bicyclic) bond motifs is 1. The van der Waals surface area contributed by atoms with E-state index in [1.807, 2.05) is 6.92 Å². The van der Waals surface area contributed by atoms with Crippen LogP contribution in [0.2, 0.25) is 0 Å². The average Bonchev–Trinajstić information content (AvgIpc) is 2.70. The lowest BCUT2D eigenvalue weighted by Gasteiger charge is -2.14. The number of carbonyl (C=O) groups excluding carboxylic acids is 2. The van der Waals surface area contributed by atoms with Crippen molar-refractivity contribution in [2.45, 2.75) is 33.4 Å². The summed E-state index contributed by atoms with van der Waals surface area (Å²) in [7, 11) is 0. The van der Waals surface area contributed by atoms with Crippen molar-refractivity contribution in [1.29, 1.82) is 0 Å². The Balaban J connectivity index is 1.76. The molecule has 0 saturated heterocycles. The lowest BCUT2D eigenvalue weighted by Crippen LogP contribution is -2.30. The molecule has 29 heavy (non-hydrogen) atoms. The van der Waals surface area contributed by atoms with Gasteiger partial charge >= 0.3 is 5.97 Å². The van der Waals surface area contributed by atoms with Gasteiger partial charge in [-0.05, 0) is 63.2 Å². The highest BCUT2D eigenvalue weighted by molar-refractivity contribution is 5.98. The van der Waals surface area contributed by atoms with Crippen LogP contribution in [-0.2, 0) is 16.1 Å². The average molecular weight is 397 g/mol. The maximum Gasteiger partial charge on any atom is 0.338 e. The van der Waals surface area contributed by atoms with E-state index in [0.29, 0.717) is 29.0 Å². The van der Waals surface area contributed by atoms with E-state index in [-0.39, 0.29) is 11.1 Å². The number of rotatable bonds is 5. The van der Waals surface area contributed by atoms with E-state index in [1.54, 1.807) is 17.6 Å². The van der Waals surface area contributed by atoms with Crippen LogP contribution in [0, 0.1) is 12.7 Å². The third-order valence-corrected chi connectivity index (χ3v) is 4.43. The SMILES string of the molecule is CCn1c(=O)c(C)nc2cc(C(=O)O[C@@H](C)C(=O)Nc3ccc(F)cc3)ccc21. The normalized spacial score (nSPS) is 11.9. The zero-order valence-electron chi connectivity index (χ0n) is 16.2. The highest BCUT2D eigenvalue weighted by Crippen LogP contribution is 2.15. The van der Waals surface area contributed by atoms with Gasteiger partial charge in [-0.15, -0.1) is 0 Å². The maximum atomic E-state index is 12.9. The van der Waals surface area contributed by atoms with E-state index in [4.69, 9.17) is 4.74 Å². The first-order valence-corrected chi connectivity index (χ1v) is 9.08. The predicted octanol–water partition coefficient (Wildman–Crippen LogP) is 3.05. The summed E-state index contributed by atoms with van der Waals surface area (Å²) >= 11 is 0. The van der Waals surface area contributed by atoms with E-state index in [1.165, 1.54) is 43.3 Å². The van der Waals surface area contributed by atoms with Gasteiger partial charge in [0.2, 0.25) is 0 Å². The summed E-state index contributed by atoms with van der Waals surface area (Å²) in [6.45, 7) is 5.38. The molecular formula is C21H20FN3O4. The number of anilines is 1. The minimum Gasteiger partial charge on any atom is -0.449 e. The smallest absolute Gasteiger partial charge is 0.338 e. The van der Waals surface area contributed by atoms with E-state index in [2.05, 4.69) is 10.3 Å². The van der Waals surface area contributed by atoms with Gasteiger partial charge in [-0.3, -0.25) is 9.59 Å². The molecule has 8 heteroatoms. The minimum absolute atomic E-state index is 0.179. The van der Waals surface area contributed by atoms with Crippen molar-refractivity contribution in [3.05, 3.63) is 69.9 Å². The highest BCUT2D eigenvalue weighted by Gasteiger charge is 2.20. The van der Waals surface area contributed by atoms with Crippen molar-refractivity contribution >= 4 is 28.6 Å². The van der Waals surface area contributed by atoms with E-state index in [9.17, 15) is 18.8 Å². The first-order valence-electron chi connectivity index (χ1n) is 9.08. The number of amides is 1. The number of hydrogen-bond donors (Lipinski definition) is 1. The van der Waals surface area contributed by atoms with Gasteiger partial charge in [0.25, 0.3) is 11.5 Å². The van der Waals surface area contributed by atoms with Crippen LogP contribution in [0.3, 0.4) is 0 Å². The predicted molar refractivity (Wildman–Crippen MR) is 106 cm³/mol. The monoisotopic (exact) mass is 397 g/mol. The second-order valence-corrected chi connectivity index (χ2v) is 6.49. The lowest BCUT2D eigenvalue weighted by atomic mass is 10.2. The fourth-order valence-electron chi connectivity index (χ4n) is 2.87. The molecule has 0 fully saturated rings. The summed E-state index contributed by atoms with van der Waals surface area (Å²) in [6.07, 6.45) is -1.07. The first-order chi connectivity index (χ1) is 13.8. The largest absolute Gasteiger partial charge is 0.449 e. The summed E-state index contributed by atoms with van der Waals surface area (Å²) in [4.78, 5) is 41.1. The number of benzene rings is 2. The molecule has 1 N–H and O–H groups in total. The van der Waals surface area contributed by atoms with Crippen LogP contribution in [0.15, 0.2) is 47.3 Å². The Morgan fingerprint density at radius 1 is 1.21 bits per heavy atom. The molecule has 1 heterocycles. The molecule has 1 atom stereocenters. The highest BCUT2D eigenvalue weighted by atomic mass is 19.1. The molecule has 0 radical (unpaired) electrons. The molecule has 0 aliphatic heterocycles. The number of esters is 1. The van der Waals surface area contributed by atoms with Crippen LogP contribution in [0.5, 0.6) is 0 Å². The molecule has 3 rings (SSSR count). The van der Waals surface area contributed by atoms with Gasteiger partial charge in [-0.1, -0.05) is 0 Å². The summed E-state index contributed by atoms with van der Waals surface area (Å²) in [6, 6.07) is 9.93. The number of hydrogen-bond acceptors (Lipinski definition) is 5. The topological polar surface area (TPSA) is 90.3 Å². The molecular weight excluding hydrogens is 377 g/mol. The number of nitrogens with zero attached hydrogens (tertiary/aromatic N) is 2. The zero-order valence-corrected chi connectivity index (χ0v) is 16.2. The van der Waals surface area contributed by atoms with Gasteiger partial charge in [0.1, 0.15) is 11.5 Å². The molecule has 0 saturated carbocycles. The molecule has 0 aliphatic carbocycles. The Morgan fingerprint density at radius 3 is 2.55 bits per heavy atom. The Hall–Kier alpha value is -3.55. The van der Waals surface area contributed by atoms with Gasteiger partial charge in [0.05, 0.1) is 16.6 Å². The molecule has 1 aromatic heterocycles. The second kappa shape index (κ2) is 8.22. The van der Waals surface area contributed by atoms with Crippen molar-refractivity contribution in [3.63, 3.8) is 0 Å². The first kappa shape index (κ1) is 20.2. The molecule has 3 aromatic rings. The van der Waals surface area contributed by atoms with Crippen LogP contribution in [0.4, 0.5) is 10.1 Å². The fourth-order valence-corrected chi connectivity index (χ4v) is 2.87. The van der Waals surface area contributed by atoms with E-state index in [0.717, 1.165) is 0 Å². The van der Waals surface area contributed by atoms with Crippen LogP contribution >= 0.6 is 0 Å². The minimum atomic E-state index is -1.07. The standard InChI is InChI=1S/C21H20FN3O4/c1-4-25-18-10-5-14(11-17(18)23-12(2)20(25)27)21(28)29-13(3)19(26)24-16-8-6-15(22)7-9-16/h5-11,13H,4H2,1-3H3,(H,24,26)/t13-/m0/s1. The van der Waals surface area contributed by atoms with Gasteiger partial charge in [0, 0.05) is 12.2 Å². The van der Waals surface area contributed by atoms with E-state index >= 15 is 0 Å². The zero-order chi connectivity index (χ0) is 21.1. The number of carbonyl (C=O) groups is 2. The van der Waals surface area contributed by atoms with Gasteiger partial charge in [0.15, 0.2) is 6.10 Å². The van der Waals surface area contributed by atoms with Crippen LogP contribution in [0.1, 0.15) is 29.9 Å². The maximum absolute atomic E-state index is 12.9. The van der Waals surface area contributed by atoms with Crippen molar-refractivity contribution < 1.29 is 18.7 Å². The summed E-state index contributed by atoms with van der Waals surface area (Å²) in [5, 5.41) is 2.55. The molecule has 0 aliphatic rings. The lowest BCUT2D eigenvalue weighted by molar-refractivity contribution is -0.123. The molecule has 0 bridgehead atoms. The van der Waals surface area contributed by atoms with Crippen LogP contribution in [-0.4, -0.2) is 27.5 Å². The van der Waals surface area contributed by atoms with Crippen molar-refractivity contribution in [2.75, 3.05) is 5.32 Å². The quantitative estimate of drug-likeness (QED) is 0.669. The summed E-state index contributed by atoms with van der Waals surface area (Å²) < 4.78 is 19.7. The molecule has 2 aromatic carbocycles. The molecule has 1 amide bonds. The number of aryl methyl sites for hydroxylation is 2. The van der Waals surface area contributed by atoms with Crippen LogP contribution in [0.25, 0.3) is 11.0 Å². The molecule has 150 valence electrons. The molecule has 7 nitrogen and oxygen atoms in total. The second-order valence-electron chi connectivity index (χ2n) is 6.49. The van der Waals surface area contributed by atoms with E-state index < -0.39 is 23.8 Å². The number of halogens is 1. The Morgan fingerprint density at radius 2 is 1.90 bits per heavy atom. The Labute approximate surface area is 166 Å². The van der Waals surface area contributed by atoms with Crippen molar-refractivity contribution in [2.24, 2.45) is 0 Å². The molecule has 0 unspecified atom stereocenters. The number of nitrogens with one attached hydrogen (secondary N) is 1.